The molecule has 1 atom stereocenters. The summed E-state index contributed by atoms with van der Waals surface area (Å²) in [4.78, 5) is 45.2. The fourth-order valence-corrected chi connectivity index (χ4v) is 10.8. The number of anilines is 1. The minimum atomic E-state index is -0.808. The number of amides is 1. The van der Waals surface area contributed by atoms with Crippen molar-refractivity contribution >= 4 is 46.6 Å². The van der Waals surface area contributed by atoms with Crippen molar-refractivity contribution in [2.75, 3.05) is 25.6 Å². The Balaban J connectivity index is 0.983. The number of fused-ring (bicyclic) bond motifs is 1. The number of allylic oxidation sites excluding steroid dienone is 1. The topological polar surface area (TPSA) is 108 Å². The molecule has 1 aromatic heterocycles. The normalized spacial score (nSPS) is 24.4. The molecular formula is C42H42ClN3O6S. The first-order valence-corrected chi connectivity index (χ1v) is 19.5. The number of carbonyl (C=O) groups is 2. The summed E-state index contributed by atoms with van der Waals surface area (Å²) in [5.41, 5.74) is 4.16. The number of nitrogens with zero attached hydrogens (tertiary/aromatic N) is 2. The third-order valence-corrected chi connectivity index (χ3v) is 12.7. The summed E-state index contributed by atoms with van der Waals surface area (Å²) in [5.74, 6) is 2.62. The second-order valence-corrected chi connectivity index (χ2v) is 16.3. The fourth-order valence-electron chi connectivity index (χ4n) is 9.54. The Labute approximate surface area is 317 Å². The highest BCUT2D eigenvalue weighted by atomic mass is 35.5. The standard InChI is InChI=1S/C42H42ClN3O6S/c1-4-51-40(49)37-24(2)44-41-46(38(37)31-7-5-6-8-32(31)43)39(48)35(53-41)19-25-9-14-33(34(18-25)50-3)52-23-36(47)45-30-12-10-29(11-13-30)42-20-26-15-27(21-42)17-28(16-26)22-42/h5-14,18-19,26-28,38H,4,15-17,20-23H2,1-3H3,(H,45,47)/b35-19+/t26?,27?,28?,38-,42?/m1/s1. The van der Waals surface area contributed by atoms with Crippen LogP contribution in [0.15, 0.2) is 87.8 Å². The number of ether oxygens (including phenoxy) is 3. The lowest BCUT2D eigenvalue weighted by Gasteiger charge is -2.57. The molecule has 1 amide bonds. The highest BCUT2D eigenvalue weighted by molar-refractivity contribution is 7.07. The zero-order chi connectivity index (χ0) is 36.9. The van der Waals surface area contributed by atoms with Crippen molar-refractivity contribution in [3.8, 4) is 11.5 Å². The quantitative estimate of drug-likeness (QED) is 0.176. The predicted octanol–water partition coefficient (Wildman–Crippen LogP) is 6.95. The zero-order valence-electron chi connectivity index (χ0n) is 30.0. The molecule has 0 spiro atoms. The Morgan fingerprint density at radius 1 is 1.00 bits per heavy atom. The van der Waals surface area contributed by atoms with Gasteiger partial charge in [-0.2, -0.15) is 0 Å². The average Bonchev–Trinajstić information content (AvgIpc) is 3.43. The van der Waals surface area contributed by atoms with Crippen LogP contribution in [0.3, 0.4) is 0 Å². The molecule has 4 fully saturated rings. The van der Waals surface area contributed by atoms with Crippen LogP contribution in [-0.4, -0.2) is 36.8 Å². The Morgan fingerprint density at radius 3 is 2.36 bits per heavy atom. The van der Waals surface area contributed by atoms with Crippen LogP contribution in [-0.2, 0) is 19.7 Å². The van der Waals surface area contributed by atoms with E-state index in [0.717, 1.165) is 23.4 Å². The molecule has 9 nitrogen and oxygen atoms in total. The summed E-state index contributed by atoms with van der Waals surface area (Å²) in [6.07, 6.45) is 9.89. The molecule has 53 heavy (non-hydrogen) atoms. The first-order valence-electron chi connectivity index (χ1n) is 18.3. The fraction of sp³-hybridized carbons (Fsp3) is 0.381. The Kier molecular flexibility index (Phi) is 9.53. The molecule has 4 aromatic rings. The molecule has 3 aromatic carbocycles. The number of rotatable bonds is 10. The summed E-state index contributed by atoms with van der Waals surface area (Å²) >= 11 is 7.83. The minimum absolute atomic E-state index is 0.177. The smallest absolute Gasteiger partial charge is 0.338 e. The van der Waals surface area contributed by atoms with Crippen molar-refractivity contribution < 1.29 is 23.8 Å². The molecule has 0 saturated heterocycles. The van der Waals surface area contributed by atoms with Gasteiger partial charge in [-0.1, -0.05) is 59.3 Å². The summed E-state index contributed by atoms with van der Waals surface area (Å²) in [5, 5.41) is 3.39. The summed E-state index contributed by atoms with van der Waals surface area (Å²) in [7, 11) is 1.52. The maximum absolute atomic E-state index is 14.0. The largest absolute Gasteiger partial charge is 0.493 e. The third kappa shape index (κ3) is 6.72. The number of thiazole rings is 1. The molecule has 0 radical (unpaired) electrons. The highest BCUT2D eigenvalue weighted by Gasteiger charge is 2.51. The van der Waals surface area contributed by atoms with Gasteiger partial charge in [0.15, 0.2) is 22.9 Å². The minimum Gasteiger partial charge on any atom is -0.493 e. The second-order valence-electron chi connectivity index (χ2n) is 14.8. The van der Waals surface area contributed by atoms with Crippen molar-refractivity contribution in [3.63, 3.8) is 0 Å². The van der Waals surface area contributed by atoms with E-state index in [2.05, 4.69) is 22.4 Å². The van der Waals surface area contributed by atoms with E-state index in [-0.39, 0.29) is 30.3 Å². The lowest BCUT2D eigenvalue weighted by Crippen LogP contribution is -2.48. The molecule has 274 valence electrons. The molecule has 4 saturated carbocycles. The average molecular weight is 752 g/mol. The van der Waals surface area contributed by atoms with Gasteiger partial charge in [0.2, 0.25) is 0 Å². The van der Waals surface area contributed by atoms with Crippen molar-refractivity contribution in [2.24, 2.45) is 22.7 Å². The summed E-state index contributed by atoms with van der Waals surface area (Å²) in [6.45, 7) is 3.44. The van der Waals surface area contributed by atoms with Gasteiger partial charge < -0.3 is 19.5 Å². The van der Waals surface area contributed by atoms with Gasteiger partial charge in [0.25, 0.3) is 11.5 Å². The Hall–Kier alpha value is -4.67. The van der Waals surface area contributed by atoms with Crippen molar-refractivity contribution in [1.29, 1.82) is 0 Å². The number of carbonyl (C=O) groups excluding carboxylic acids is 2. The van der Waals surface area contributed by atoms with E-state index < -0.39 is 12.0 Å². The van der Waals surface area contributed by atoms with Crippen LogP contribution in [0.2, 0.25) is 5.02 Å². The molecule has 0 unspecified atom stereocenters. The van der Waals surface area contributed by atoms with Gasteiger partial charge in [0, 0.05) is 10.7 Å². The Bertz CT molecular complexity index is 2270. The third-order valence-electron chi connectivity index (χ3n) is 11.4. The number of hydrogen-bond acceptors (Lipinski definition) is 8. The van der Waals surface area contributed by atoms with Gasteiger partial charge in [0.1, 0.15) is 6.04 Å². The summed E-state index contributed by atoms with van der Waals surface area (Å²) < 4.78 is 18.8. The van der Waals surface area contributed by atoms with E-state index in [0.29, 0.717) is 48.1 Å². The SMILES string of the molecule is CCOC(=O)C1=C(C)N=c2s/c(=C/c3ccc(OCC(=O)Nc4ccc(C56CC7CC(CC(C7)C5)C6)cc4)c(OC)c3)c(=O)n2[C@@H]1c1ccccc1Cl. The van der Waals surface area contributed by atoms with Gasteiger partial charge in [-0.05, 0) is 129 Å². The zero-order valence-corrected chi connectivity index (χ0v) is 31.6. The lowest BCUT2D eigenvalue weighted by atomic mass is 9.48. The van der Waals surface area contributed by atoms with Crippen LogP contribution in [0.1, 0.15) is 75.1 Å². The monoisotopic (exact) mass is 751 g/mol. The number of esters is 1. The van der Waals surface area contributed by atoms with Crippen LogP contribution < -0.4 is 29.7 Å². The van der Waals surface area contributed by atoms with Crippen LogP contribution in [0.5, 0.6) is 11.5 Å². The molecule has 9 rings (SSSR count). The van der Waals surface area contributed by atoms with E-state index in [1.807, 2.05) is 18.2 Å². The van der Waals surface area contributed by atoms with Crippen molar-refractivity contribution in [3.05, 3.63) is 119 Å². The van der Waals surface area contributed by atoms with Crippen LogP contribution in [0.25, 0.3) is 6.08 Å². The first-order chi connectivity index (χ1) is 25.6. The van der Waals surface area contributed by atoms with Gasteiger partial charge in [0.05, 0.1) is 29.5 Å². The van der Waals surface area contributed by atoms with E-state index in [4.69, 9.17) is 25.8 Å². The Morgan fingerprint density at radius 2 is 1.70 bits per heavy atom. The number of aromatic nitrogens is 1. The molecule has 5 aliphatic rings. The first kappa shape index (κ1) is 35.4. The number of methoxy groups -OCH3 is 1. The summed E-state index contributed by atoms with van der Waals surface area (Å²) in [6, 6.07) is 20.0. The van der Waals surface area contributed by atoms with Gasteiger partial charge >= 0.3 is 5.97 Å². The molecule has 4 aliphatic carbocycles. The van der Waals surface area contributed by atoms with Crippen LogP contribution in [0, 0.1) is 17.8 Å². The molecule has 11 heteroatoms. The second kappa shape index (κ2) is 14.3. The molecule has 2 heterocycles. The van der Waals surface area contributed by atoms with Gasteiger partial charge in [-0.15, -0.1) is 0 Å². The number of nitrogens with one attached hydrogen (secondary N) is 1. The number of halogens is 1. The maximum Gasteiger partial charge on any atom is 0.338 e. The molecule has 1 aliphatic heterocycles. The van der Waals surface area contributed by atoms with E-state index >= 15 is 0 Å². The van der Waals surface area contributed by atoms with Crippen molar-refractivity contribution in [2.45, 2.75) is 63.8 Å². The van der Waals surface area contributed by atoms with Gasteiger partial charge in [-0.25, -0.2) is 9.79 Å². The molecule has 1 N–H and O–H groups in total. The number of hydrogen-bond donors (Lipinski definition) is 1. The van der Waals surface area contributed by atoms with E-state index in [1.165, 1.54) is 67.1 Å². The van der Waals surface area contributed by atoms with E-state index in [1.54, 1.807) is 56.3 Å². The highest BCUT2D eigenvalue weighted by Crippen LogP contribution is 2.60. The van der Waals surface area contributed by atoms with Crippen molar-refractivity contribution in [1.82, 2.24) is 4.57 Å². The molecular weight excluding hydrogens is 710 g/mol. The van der Waals surface area contributed by atoms with Gasteiger partial charge in [-0.3, -0.25) is 14.2 Å². The molecule has 4 bridgehead atoms. The predicted molar refractivity (Wildman–Crippen MR) is 205 cm³/mol. The lowest BCUT2D eigenvalue weighted by molar-refractivity contribution is -0.139. The maximum atomic E-state index is 14.0. The number of benzene rings is 3. The van der Waals surface area contributed by atoms with Crippen LogP contribution in [0.4, 0.5) is 5.69 Å². The van der Waals surface area contributed by atoms with E-state index in [9.17, 15) is 14.4 Å². The van der Waals surface area contributed by atoms with Crippen LogP contribution >= 0.6 is 22.9 Å².